The Morgan fingerprint density at radius 3 is 3.10 bits per heavy atom. The van der Waals surface area contributed by atoms with E-state index in [1.165, 1.54) is 11.3 Å². The largest absolute Gasteiger partial charge is 0.393 e. The van der Waals surface area contributed by atoms with Crippen LogP contribution >= 0.6 is 11.3 Å². The molecular weight excluding hydrogens is 288 g/mol. The zero-order valence-corrected chi connectivity index (χ0v) is 12.9. The summed E-state index contributed by atoms with van der Waals surface area (Å²) in [6.07, 6.45) is 7.40. The zero-order chi connectivity index (χ0) is 14.7. The van der Waals surface area contributed by atoms with E-state index in [2.05, 4.69) is 10.3 Å². The van der Waals surface area contributed by atoms with Crippen LogP contribution in [0.3, 0.4) is 0 Å². The van der Waals surface area contributed by atoms with Crippen molar-refractivity contribution in [2.24, 2.45) is 5.92 Å². The van der Waals surface area contributed by atoms with Crippen molar-refractivity contribution in [2.75, 3.05) is 13.2 Å². The third kappa shape index (κ3) is 3.81. The van der Waals surface area contributed by atoms with E-state index < -0.39 is 0 Å². The molecule has 0 aromatic carbocycles. The third-order valence-electron chi connectivity index (χ3n) is 4.26. The predicted molar refractivity (Wildman–Crippen MR) is 80.3 cm³/mol. The molecule has 3 unspecified atom stereocenters. The quantitative estimate of drug-likeness (QED) is 0.895. The Hall–Kier alpha value is -0.980. The molecule has 5 nitrogen and oxygen atoms in total. The second-order valence-electron chi connectivity index (χ2n) is 5.96. The number of aliphatic hydroxyl groups excluding tert-OH is 1. The molecule has 116 valence electrons. The average molecular weight is 310 g/mol. The lowest BCUT2D eigenvalue weighted by molar-refractivity contribution is 0.0876. The molecule has 1 aromatic heterocycles. The highest BCUT2D eigenvalue weighted by Gasteiger charge is 2.24. The minimum Gasteiger partial charge on any atom is -0.393 e. The van der Waals surface area contributed by atoms with Crippen LogP contribution in [0.2, 0.25) is 0 Å². The summed E-state index contributed by atoms with van der Waals surface area (Å²) in [7, 11) is 0. The van der Waals surface area contributed by atoms with Crippen molar-refractivity contribution in [2.45, 2.75) is 50.7 Å². The van der Waals surface area contributed by atoms with Gasteiger partial charge >= 0.3 is 0 Å². The van der Waals surface area contributed by atoms with Gasteiger partial charge in [-0.1, -0.05) is 6.42 Å². The van der Waals surface area contributed by atoms with E-state index in [0.717, 1.165) is 50.1 Å². The Labute approximate surface area is 128 Å². The first-order valence-corrected chi connectivity index (χ1v) is 8.57. The molecule has 2 N–H and O–H groups in total. The molecule has 21 heavy (non-hydrogen) atoms. The summed E-state index contributed by atoms with van der Waals surface area (Å²) >= 11 is 1.43. The van der Waals surface area contributed by atoms with Gasteiger partial charge in [0.25, 0.3) is 5.91 Å². The first-order chi connectivity index (χ1) is 10.2. The van der Waals surface area contributed by atoms with Gasteiger partial charge in [-0.3, -0.25) is 4.79 Å². The average Bonchev–Trinajstić information content (AvgIpc) is 3.15. The number of aromatic nitrogens is 1. The van der Waals surface area contributed by atoms with Crippen molar-refractivity contribution in [3.8, 4) is 0 Å². The highest BCUT2D eigenvalue weighted by molar-refractivity contribution is 7.13. The van der Waals surface area contributed by atoms with Crippen LogP contribution in [-0.2, 0) is 4.74 Å². The van der Waals surface area contributed by atoms with Gasteiger partial charge in [-0.05, 0) is 38.0 Å². The van der Waals surface area contributed by atoms with Crippen LogP contribution in [0, 0.1) is 5.92 Å². The highest BCUT2D eigenvalue weighted by Crippen LogP contribution is 2.31. The van der Waals surface area contributed by atoms with Crippen LogP contribution in [0.1, 0.15) is 59.3 Å². The topological polar surface area (TPSA) is 71.5 Å². The number of nitrogens with zero attached hydrogens (tertiary/aromatic N) is 1. The fourth-order valence-electron chi connectivity index (χ4n) is 3.09. The monoisotopic (exact) mass is 310 g/mol. The molecule has 0 spiro atoms. The van der Waals surface area contributed by atoms with Crippen molar-refractivity contribution in [3.05, 3.63) is 16.1 Å². The van der Waals surface area contributed by atoms with Gasteiger partial charge in [0.15, 0.2) is 0 Å². The van der Waals surface area contributed by atoms with Gasteiger partial charge in [0.05, 0.1) is 12.3 Å². The summed E-state index contributed by atoms with van der Waals surface area (Å²) in [5, 5.41) is 13.5. The number of ether oxygens (including phenoxy) is 1. The van der Waals surface area contributed by atoms with E-state index in [1.54, 1.807) is 6.20 Å². The van der Waals surface area contributed by atoms with Crippen LogP contribution < -0.4 is 5.32 Å². The number of amides is 1. The van der Waals surface area contributed by atoms with Gasteiger partial charge in [-0.25, -0.2) is 4.98 Å². The molecule has 2 aliphatic rings. The molecule has 1 aliphatic heterocycles. The number of carbonyl (C=O) groups excluding carboxylic acids is 1. The number of carbonyl (C=O) groups is 1. The van der Waals surface area contributed by atoms with E-state index in [4.69, 9.17) is 4.74 Å². The maximum atomic E-state index is 12.2. The maximum absolute atomic E-state index is 12.2. The minimum atomic E-state index is -0.199. The Morgan fingerprint density at radius 2 is 2.33 bits per heavy atom. The lowest BCUT2D eigenvalue weighted by Gasteiger charge is -2.25. The predicted octanol–water partition coefficient (Wildman–Crippen LogP) is 2.28. The molecule has 0 bridgehead atoms. The zero-order valence-electron chi connectivity index (χ0n) is 12.1. The van der Waals surface area contributed by atoms with E-state index in [-0.39, 0.29) is 18.1 Å². The highest BCUT2D eigenvalue weighted by atomic mass is 32.1. The Balaban J connectivity index is 1.50. The van der Waals surface area contributed by atoms with Crippen LogP contribution in [0.15, 0.2) is 6.20 Å². The SMILES string of the molecule is O=C(NCC1CCCC(O)C1)c1cnc(C2CCCO2)s1. The normalized spacial score (nSPS) is 29.5. The number of nitrogens with one attached hydrogen (secondary N) is 1. The second-order valence-corrected chi connectivity index (χ2v) is 7.02. The van der Waals surface area contributed by atoms with Crippen molar-refractivity contribution >= 4 is 17.2 Å². The fraction of sp³-hybridized carbons (Fsp3) is 0.733. The molecule has 1 saturated carbocycles. The summed E-state index contributed by atoms with van der Waals surface area (Å²) in [5.74, 6) is 0.333. The smallest absolute Gasteiger partial charge is 0.263 e. The second kappa shape index (κ2) is 6.85. The minimum absolute atomic E-state index is 0.0585. The van der Waals surface area contributed by atoms with Crippen molar-refractivity contribution in [3.63, 3.8) is 0 Å². The molecule has 2 heterocycles. The first-order valence-electron chi connectivity index (χ1n) is 7.76. The molecule has 1 saturated heterocycles. The number of aliphatic hydroxyl groups is 1. The van der Waals surface area contributed by atoms with Gasteiger partial charge in [-0.2, -0.15) is 0 Å². The Bertz CT molecular complexity index is 485. The molecule has 6 heteroatoms. The maximum Gasteiger partial charge on any atom is 0.263 e. The number of hydrogen-bond donors (Lipinski definition) is 2. The fourth-order valence-corrected chi connectivity index (χ4v) is 4.00. The van der Waals surface area contributed by atoms with E-state index in [0.29, 0.717) is 17.3 Å². The van der Waals surface area contributed by atoms with Crippen LogP contribution in [0.25, 0.3) is 0 Å². The molecule has 2 fully saturated rings. The standard InChI is InChI=1S/C15H22N2O3S/c18-11-4-1-3-10(7-11)8-16-14(19)13-9-17-15(21-13)12-5-2-6-20-12/h9-12,18H,1-8H2,(H,16,19). The van der Waals surface area contributed by atoms with E-state index >= 15 is 0 Å². The lowest BCUT2D eigenvalue weighted by Crippen LogP contribution is -2.32. The third-order valence-corrected chi connectivity index (χ3v) is 5.35. The first kappa shape index (κ1) is 14.9. The van der Waals surface area contributed by atoms with Gasteiger partial charge < -0.3 is 15.2 Å². The molecule has 3 atom stereocenters. The molecule has 3 rings (SSSR count). The summed E-state index contributed by atoms with van der Waals surface area (Å²) in [6, 6.07) is 0. The van der Waals surface area contributed by atoms with E-state index in [1.807, 2.05) is 0 Å². The molecule has 1 amide bonds. The van der Waals surface area contributed by atoms with E-state index in [9.17, 15) is 9.90 Å². The van der Waals surface area contributed by atoms with Gasteiger partial charge in [0, 0.05) is 13.2 Å². The Kier molecular flexibility index (Phi) is 4.87. The molecule has 1 aliphatic carbocycles. The number of thiazole rings is 1. The molecular formula is C15H22N2O3S. The lowest BCUT2D eigenvalue weighted by atomic mass is 9.87. The van der Waals surface area contributed by atoms with Gasteiger partial charge in [0.1, 0.15) is 16.0 Å². The number of hydrogen-bond acceptors (Lipinski definition) is 5. The molecule has 0 radical (unpaired) electrons. The van der Waals surface area contributed by atoms with Crippen molar-refractivity contribution in [1.29, 1.82) is 0 Å². The van der Waals surface area contributed by atoms with Crippen molar-refractivity contribution in [1.82, 2.24) is 10.3 Å². The molecule has 1 aromatic rings. The summed E-state index contributed by atoms with van der Waals surface area (Å²) in [6.45, 7) is 1.43. The van der Waals surface area contributed by atoms with Crippen LogP contribution in [0.4, 0.5) is 0 Å². The van der Waals surface area contributed by atoms with Gasteiger partial charge in [0.2, 0.25) is 0 Å². The van der Waals surface area contributed by atoms with Crippen molar-refractivity contribution < 1.29 is 14.6 Å². The van der Waals surface area contributed by atoms with Crippen LogP contribution in [0.5, 0.6) is 0 Å². The van der Waals surface area contributed by atoms with Gasteiger partial charge in [-0.15, -0.1) is 11.3 Å². The number of rotatable bonds is 4. The summed E-state index contributed by atoms with van der Waals surface area (Å²) < 4.78 is 5.59. The Morgan fingerprint density at radius 1 is 1.43 bits per heavy atom. The summed E-state index contributed by atoms with van der Waals surface area (Å²) in [4.78, 5) is 17.1. The van der Waals surface area contributed by atoms with Crippen LogP contribution in [-0.4, -0.2) is 35.3 Å². The summed E-state index contributed by atoms with van der Waals surface area (Å²) in [5.41, 5.74) is 0.